The zero-order valence-corrected chi connectivity index (χ0v) is 3.96. The minimum Gasteiger partial charge on any atom is -0.305 e. The Kier molecular flexibility index (Phi) is 2.17. The van der Waals surface area contributed by atoms with Crippen LogP contribution in [0, 0.1) is 0 Å². The quantitative estimate of drug-likeness (QED) is 0.344. The minimum atomic E-state index is -4.11. The molecule has 0 aromatic carbocycles. The fourth-order valence-electron chi connectivity index (χ4n) is 0. The van der Waals surface area contributed by atoms with Crippen molar-refractivity contribution in [2.75, 3.05) is 0 Å². The second kappa shape index (κ2) is 1.89. The van der Waals surface area contributed by atoms with Gasteiger partial charge in [-0.15, -0.1) is 0 Å². The third kappa shape index (κ3) is 18.2. The molecule has 0 amide bonds. The Morgan fingerprint density at radius 3 is 1.00 bits per heavy atom. The van der Waals surface area contributed by atoms with Crippen molar-refractivity contribution in [1.29, 1.82) is 0 Å². The van der Waals surface area contributed by atoms with Gasteiger partial charge in [-0.3, -0.25) is 0 Å². The van der Waals surface area contributed by atoms with Crippen LogP contribution in [-0.2, 0) is 0 Å². The molecule has 3 nitrogen and oxygen atoms in total. The van der Waals surface area contributed by atoms with Gasteiger partial charge in [-0.25, -0.2) is 0 Å². The Labute approximate surface area is 31.9 Å². The van der Waals surface area contributed by atoms with Gasteiger partial charge in [0, 0.05) is 0 Å². The van der Waals surface area contributed by atoms with Crippen LogP contribution in [-0.4, -0.2) is 0 Å². The fraction of sp³-hybridized carbons (Fsp3) is 0. The molecular weight excluding hydrogens is 175 g/mol. The molecule has 0 aliphatic rings. The van der Waals surface area contributed by atoms with Gasteiger partial charge in [-0.2, -0.15) is 0 Å². The third-order valence-electron chi connectivity index (χ3n) is 0. The second-order valence-corrected chi connectivity index (χ2v) is 1.37. The molecule has 0 aromatic heterocycles. The molecular formula is HIO3. The van der Waals surface area contributed by atoms with Crippen LogP contribution in [0.1, 0.15) is 0 Å². The maximum atomic E-state index is 8.59. The summed E-state index contributed by atoms with van der Waals surface area (Å²) in [5, 5.41) is 0. The van der Waals surface area contributed by atoms with Crippen molar-refractivity contribution in [2.24, 2.45) is 0 Å². The predicted octanol–water partition coefficient (Wildman–Crippen LogP) is -6.83. The molecule has 0 rings (SSSR count). The predicted molar refractivity (Wildman–Crippen MR) is 1.40 cm³/mol. The average molecular weight is 176 g/mol. The Morgan fingerprint density at radius 1 is 1.00 bits per heavy atom. The van der Waals surface area contributed by atoms with E-state index in [9.17, 15) is 0 Å². The van der Waals surface area contributed by atoms with Gasteiger partial charge in [0.2, 0.25) is 0 Å². The summed E-state index contributed by atoms with van der Waals surface area (Å²) in [6, 6.07) is 0. The lowest BCUT2D eigenvalue weighted by Gasteiger charge is -1.85. The van der Waals surface area contributed by atoms with Crippen LogP contribution in [0.2, 0.25) is 0 Å². The molecule has 0 aromatic rings. The van der Waals surface area contributed by atoms with Crippen molar-refractivity contribution in [1.82, 2.24) is 0 Å². The molecule has 0 fully saturated rings. The number of hydrogen-bond donors (Lipinski definition) is 0. The molecule has 26 valence electrons. The first-order valence-electron chi connectivity index (χ1n) is 0.500. The van der Waals surface area contributed by atoms with Crippen LogP contribution < -0.4 is 31.4 Å². The van der Waals surface area contributed by atoms with E-state index in [2.05, 4.69) is 0 Å². The molecule has 4 heteroatoms. The summed E-state index contributed by atoms with van der Waals surface area (Å²) in [5.74, 6) is 0. The summed E-state index contributed by atoms with van der Waals surface area (Å²) in [7, 11) is 0. The van der Waals surface area contributed by atoms with Crippen LogP contribution in [0.5, 0.6) is 0 Å². The summed E-state index contributed by atoms with van der Waals surface area (Å²) in [5.41, 5.74) is 0. The van der Waals surface area contributed by atoms with Crippen LogP contribution in [0.25, 0.3) is 0 Å². The van der Waals surface area contributed by atoms with Crippen molar-refractivity contribution in [3.8, 4) is 0 Å². The van der Waals surface area contributed by atoms with Gasteiger partial charge in [-0.1, -0.05) is 0 Å². The van der Waals surface area contributed by atoms with Crippen LogP contribution in [0.3, 0.4) is 0 Å². The lowest BCUT2D eigenvalue weighted by atomic mass is 16.0. The highest BCUT2D eigenvalue weighted by Crippen LogP contribution is -0.137. The summed E-state index contributed by atoms with van der Waals surface area (Å²) in [6.07, 6.45) is 0. The van der Waals surface area contributed by atoms with E-state index in [0.29, 0.717) is 0 Å². The van der Waals surface area contributed by atoms with E-state index in [1.54, 1.807) is 0 Å². The highest BCUT2D eigenvalue weighted by atomic mass is 127. The van der Waals surface area contributed by atoms with Gasteiger partial charge in [0.25, 0.3) is 0 Å². The van der Waals surface area contributed by atoms with Gasteiger partial charge >= 0.3 is 0 Å². The van der Waals surface area contributed by atoms with E-state index < -0.39 is 21.1 Å². The monoisotopic (exact) mass is 176 g/mol. The molecule has 0 aliphatic carbocycles. The molecule has 0 spiro atoms. The van der Waals surface area contributed by atoms with Crippen molar-refractivity contribution >= 4 is 0 Å². The zero-order valence-electron chi connectivity index (χ0n) is 1.63. The first kappa shape index (κ1) is 4.61. The van der Waals surface area contributed by atoms with E-state index in [0.717, 1.165) is 0 Å². The van der Waals surface area contributed by atoms with Gasteiger partial charge < -0.3 is 10.3 Å². The number of halogens is 1. The molecule has 0 heterocycles. The smallest absolute Gasteiger partial charge is 0.0835 e. The topological polar surface area (TPSA) is 69.2 Å². The van der Waals surface area contributed by atoms with E-state index in [4.69, 9.17) is 10.3 Å². The lowest BCUT2D eigenvalue weighted by molar-refractivity contribution is -1.73. The molecule has 0 saturated heterocycles. The van der Waals surface area contributed by atoms with Gasteiger partial charge in [0.1, 0.15) is 0 Å². The Balaban J connectivity index is 2.32. The maximum absolute atomic E-state index is 8.59. The Hall–Kier alpha value is 0.610. The summed E-state index contributed by atoms with van der Waals surface area (Å²) in [6.45, 7) is 0. The van der Waals surface area contributed by atoms with Gasteiger partial charge in [0.05, 0.1) is 21.1 Å². The summed E-state index contributed by atoms with van der Waals surface area (Å²) in [4.78, 5) is 0. The average Bonchev–Trinajstić information content (AvgIpc) is 0.811. The first-order valence-corrected chi connectivity index (χ1v) is 3.35. The van der Waals surface area contributed by atoms with E-state index in [-0.39, 0.29) is 0 Å². The highest BCUT2D eigenvalue weighted by Gasteiger charge is 1.63. The molecule has 0 atom stereocenters. The van der Waals surface area contributed by atoms with Gasteiger partial charge in [-0.05, 0) is 0 Å². The van der Waals surface area contributed by atoms with Crippen LogP contribution in [0.15, 0.2) is 0 Å². The zero-order chi connectivity index (χ0) is 3.58. The summed E-state index contributed by atoms with van der Waals surface area (Å²) < 4.78 is 25.8. The van der Waals surface area contributed by atoms with Crippen LogP contribution in [0.4, 0.5) is 0 Å². The highest BCUT2D eigenvalue weighted by molar-refractivity contribution is 1.73. The van der Waals surface area contributed by atoms with Crippen molar-refractivity contribution in [3.05, 3.63) is 0 Å². The third-order valence-corrected chi connectivity index (χ3v) is 0. The van der Waals surface area contributed by atoms with Crippen molar-refractivity contribution in [3.63, 3.8) is 0 Å². The maximum Gasteiger partial charge on any atom is 0.0835 e. The molecule has 0 bridgehead atoms. The Morgan fingerprint density at radius 2 is 1.00 bits per heavy atom. The normalized spacial score (nSPS) is 9.00. The van der Waals surface area contributed by atoms with E-state index in [1.807, 2.05) is 0 Å². The van der Waals surface area contributed by atoms with Gasteiger partial charge in [0.15, 0.2) is 0 Å². The Bertz CT molecular complexity index is 8.00. The van der Waals surface area contributed by atoms with Crippen LogP contribution >= 0.6 is 0 Å². The second-order valence-electron chi connectivity index (χ2n) is 0.204. The fourth-order valence-corrected chi connectivity index (χ4v) is 0. The molecule has 4 heavy (non-hydrogen) atoms. The summed E-state index contributed by atoms with van der Waals surface area (Å²) >= 11 is -4.11. The minimum absolute atomic E-state index is 4.11. The van der Waals surface area contributed by atoms with E-state index in [1.165, 1.54) is 0 Å². The number of hydrogen-bond acceptors (Lipinski definition) is 3. The molecule has 0 saturated carbocycles. The van der Waals surface area contributed by atoms with E-state index >= 15 is 0 Å². The molecule has 0 aliphatic heterocycles. The number of rotatable bonds is 0. The standard InChI is InChI=1S/IO3/c2-1(3)4. The lowest BCUT2D eigenvalue weighted by Crippen LogP contribution is -4.05. The molecule has 0 N–H and O–H groups in total. The SMILES string of the molecule is [O-][IH+3]([O-])[O-]. The first-order chi connectivity index (χ1) is 1.73. The molecule has 0 radical (unpaired) electrons. The largest absolute Gasteiger partial charge is 0.305 e. The molecule has 0 unspecified atom stereocenters. The van der Waals surface area contributed by atoms with Crippen molar-refractivity contribution < 1.29 is 31.4 Å². The van der Waals surface area contributed by atoms with Crippen molar-refractivity contribution in [2.45, 2.75) is 0 Å².